The summed E-state index contributed by atoms with van der Waals surface area (Å²) in [6.45, 7) is 6.61. The van der Waals surface area contributed by atoms with Gasteiger partial charge in [0.1, 0.15) is 11.8 Å². The number of nitrogens with one attached hydrogen (secondary N) is 2. The second kappa shape index (κ2) is 10.0. The number of ether oxygens (including phenoxy) is 1. The molecule has 1 aliphatic heterocycles. The molecule has 30 heavy (non-hydrogen) atoms. The Morgan fingerprint density at radius 1 is 0.933 bits per heavy atom. The highest BCUT2D eigenvalue weighted by atomic mass is 16.5. The van der Waals surface area contributed by atoms with E-state index in [2.05, 4.69) is 27.7 Å². The first-order valence-corrected chi connectivity index (χ1v) is 10.3. The number of rotatable bonds is 6. The molecule has 7 heteroatoms. The first-order chi connectivity index (χ1) is 14.5. The number of anilines is 2. The van der Waals surface area contributed by atoms with Gasteiger partial charge in [0.25, 0.3) is 0 Å². The maximum Gasteiger partial charge on any atom is 0.318 e. The van der Waals surface area contributed by atoms with Gasteiger partial charge in [-0.1, -0.05) is 32.0 Å². The minimum Gasteiger partial charge on any atom is -0.497 e. The Balaban J connectivity index is 1.55. The maximum absolute atomic E-state index is 12.8. The molecule has 3 rings (SSSR count). The van der Waals surface area contributed by atoms with Crippen LogP contribution in [0.1, 0.15) is 13.8 Å². The van der Waals surface area contributed by atoms with Gasteiger partial charge in [-0.15, -0.1) is 0 Å². The monoisotopic (exact) mass is 410 g/mol. The Morgan fingerprint density at radius 2 is 1.57 bits per heavy atom. The van der Waals surface area contributed by atoms with Gasteiger partial charge < -0.3 is 25.2 Å². The molecule has 7 nitrogen and oxygen atoms in total. The average Bonchev–Trinajstić information content (AvgIpc) is 2.78. The molecule has 160 valence electrons. The van der Waals surface area contributed by atoms with E-state index in [4.69, 9.17) is 4.74 Å². The predicted octanol–water partition coefficient (Wildman–Crippen LogP) is 3.19. The van der Waals surface area contributed by atoms with E-state index in [-0.39, 0.29) is 17.9 Å². The van der Waals surface area contributed by atoms with Crippen molar-refractivity contribution in [3.8, 4) is 5.75 Å². The van der Waals surface area contributed by atoms with Gasteiger partial charge in [0.05, 0.1) is 7.11 Å². The lowest BCUT2D eigenvalue weighted by molar-refractivity contribution is -0.118. The van der Waals surface area contributed by atoms with Gasteiger partial charge in [0, 0.05) is 37.6 Å². The molecule has 3 amide bonds. The normalized spacial score (nSPS) is 14.9. The fourth-order valence-electron chi connectivity index (χ4n) is 3.46. The summed E-state index contributed by atoms with van der Waals surface area (Å²) >= 11 is 0. The zero-order valence-electron chi connectivity index (χ0n) is 17.8. The highest BCUT2D eigenvalue weighted by Gasteiger charge is 2.28. The lowest BCUT2D eigenvalue weighted by Gasteiger charge is -2.37. The number of hydrogen-bond acceptors (Lipinski definition) is 4. The van der Waals surface area contributed by atoms with Crippen molar-refractivity contribution in [3.63, 3.8) is 0 Å². The number of benzene rings is 2. The van der Waals surface area contributed by atoms with Crippen molar-refractivity contribution in [2.45, 2.75) is 19.9 Å². The van der Waals surface area contributed by atoms with Crippen LogP contribution in [-0.2, 0) is 4.79 Å². The molecule has 2 aromatic rings. The largest absolute Gasteiger partial charge is 0.497 e. The molecule has 2 aromatic carbocycles. The minimum atomic E-state index is -0.619. The number of amides is 3. The summed E-state index contributed by atoms with van der Waals surface area (Å²) < 4.78 is 5.14. The molecule has 0 bridgehead atoms. The number of methoxy groups -OCH3 is 1. The Morgan fingerprint density at radius 3 is 2.13 bits per heavy atom. The standard InChI is InChI=1S/C23H30N4O3/c1-17(2)21(22(28)24-18-9-11-20(30-3)12-10-18)25-23(29)27-15-13-26(14-16-27)19-7-5-4-6-8-19/h4-12,17,21H,13-16H2,1-3H3,(H,24,28)(H,25,29). The highest BCUT2D eigenvalue weighted by molar-refractivity contribution is 5.97. The van der Waals surface area contributed by atoms with Crippen LogP contribution < -0.4 is 20.3 Å². The Bertz CT molecular complexity index is 831. The molecule has 1 fully saturated rings. The highest BCUT2D eigenvalue weighted by Crippen LogP contribution is 2.17. The quantitative estimate of drug-likeness (QED) is 0.767. The first-order valence-electron chi connectivity index (χ1n) is 10.3. The lowest BCUT2D eigenvalue weighted by atomic mass is 10.0. The molecule has 0 aromatic heterocycles. The van der Waals surface area contributed by atoms with Gasteiger partial charge >= 0.3 is 6.03 Å². The molecular weight excluding hydrogens is 380 g/mol. The average molecular weight is 411 g/mol. The van der Waals surface area contributed by atoms with E-state index in [1.807, 2.05) is 32.0 Å². The lowest BCUT2D eigenvalue weighted by Crippen LogP contribution is -2.56. The van der Waals surface area contributed by atoms with Crippen LogP contribution in [0, 0.1) is 5.92 Å². The van der Waals surface area contributed by atoms with E-state index in [1.54, 1.807) is 36.3 Å². The fraction of sp³-hybridized carbons (Fsp3) is 0.391. The van der Waals surface area contributed by atoms with Crippen LogP contribution >= 0.6 is 0 Å². The van der Waals surface area contributed by atoms with E-state index in [1.165, 1.54) is 0 Å². The molecule has 1 atom stereocenters. The third-order valence-electron chi connectivity index (χ3n) is 5.27. The second-order valence-electron chi connectivity index (χ2n) is 7.70. The van der Waals surface area contributed by atoms with E-state index in [0.29, 0.717) is 18.8 Å². The summed E-state index contributed by atoms with van der Waals surface area (Å²) in [6.07, 6.45) is 0. The van der Waals surface area contributed by atoms with Crippen LogP contribution in [0.2, 0.25) is 0 Å². The number of carbonyl (C=O) groups excluding carboxylic acids is 2. The van der Waals surface area contributed by atoms with Crippen molar-refractivity contribution < 1.29 is 14.3 Å². The van der Waals surface area contributed by atoms with E-state index in [9.17, 15) is 9.59 Å². The Hall–Kier alpha value is -3.22. The molecule has 0 saturated carbocycles. The summed E-state index contributed by atoms with van der Waals surface area (Å²) in [5, 5.41) is 5.79. The van der Waals surface area contributed by atoms with Crippen LogP contribution in [0.25, 0.3) is 0 Å². The summed E-state index contributed by atoms with van der Waals surface area (Å²) in [4.78, 5) is 29.6. The Kier molecular flexibility index (Phi) is 7.17. The first kappa shape index (κ1) is 21.5. The molecule has 2 N–H and O–H groups in total. The SMILES string of the molecule is COc1ccc(NC(=O)C(NC(=O)N2CCN(c3ccccc3)CC2)C(C)C)cc1. The van der Waals surface area contributed by atoms with Crippen LogP contribution in [0.5, 0.6) is 5.75 Å². The van der Waals surface area contributed by atoms with Crippen molar-refractivity contribution in [2.24, 2.45) is 5.92 Å². The van der Waals surface area contributed by atoms with Crippen molar-refractivity contribution in [3.05, 3.63) is 54.6 Å². The van der Waals surface area contributed by atoms with E-state index in [0.717, 1.165) is 24.5 Å². The second-order valence-corrected chi connectivity index (χ2v) is 7.70. The van der Waals surface area contributed by atoms with E-state index >= 15 is 0 Å². The smallest absolute Gasteiger partial charge is 0.318 e. The third kappa shape index (κ3) is 5.43. The zero-order chi connectivity index (χ0) is 21.5. The van der Waals surface area contributed by atoms with Gasteiger partial charge in [0.15, 0.2) is 0 Å². The van der Waals surface area contributed by atoms with Crippen molar-refractivity contribution in [1.82, 2.24) is 10.2 Å². The number of carbonyl (C=O) groups is 2. The molecule has 1 unspecified atom stereocenters. The fourth-order valence-corrected chi connectivity index (χ4v) is 3.46. The summed E-state index contributed by atoms with van der Waals surface area (Å²) in [6, 6.07) is 16.5. The molecule has 1 heterocycles. The number of urea groups is 1. The number of nitrogens with zero attached hydrogens (tertiary/aromatic N) is 2. The molecular formula is C23H30N4O3. The minimum absolute atomic E-state index is 0.0437. The number of piperazine rings is 1. The van der Waals surface area contributed by atoms with Gasteiger partial charge in [-0.3, -0.25) is 4.79 Å². The van der Waals surface area contributed by atoms with E-state index < -0.39 is 6.04 Å². The van der Waals surface area contributed by atoms with Crippen LogP contribution in [0.3, 0.4) is 0 Å². The van der Waals surface area contributed by atoms with Crippen molar-refractivity contribution in [2.75, 3.05) is 43.5 Å². The van der Waals surface area contributed by atoms with Crippen LogP contribution in [0.15, 0.2) is 54.6 Å². The molecule has 1 aliphatic rings. The number of hydrogen-bond donors (Lipinski definition) is 2. The predicted molar refractivity (Wildman–Crippen MR) is 119 cm³/mol. The summed E-state index contributed by atoms with van der Waals surface area (Å²) in [7, 11) is 1.59. The molecule has 0 spiro atoms. The van der Waals surface area contributed by atoms with Crippen LogP contribution in [0.4, 0.5) is 16.2 Å². The van der Waals surface area contributed by atoms with Gasteiger partial charge in [-0.25, -0.2) is 4.79 Å². The van der Waals surface area contributed by atoms with Gasteiger partial charge in [-0.05, 0) is 42.3 Å². The topological polar surface area (TPSA) is 73.9 Å². The molecule has 1 saturated heterocycles. The molecule has 0 radical (unpaired) electrons. The van der Waals surface area contributed by atoms with Gasteiger partial charge in [0.2, 0.25) is 5.91 Å². The van der Waals surface area contributed by atoms with Crippen molar-refractivity contribution in [1.29, 1.82) is 0 Å². The number of para-hydroxylation sites is 1. The maximum atomic E-state index is 12.8. The van der Waals surface area contributed by atoms with Gasteiger partial charge in [-0.2, -0.15) is 0 Å². The summed E-state index contributed by atoms with van der Waals surface area (Å²) in [5.41, 5.74) is 1.83. The van der Waals surface area contributed by atoms with Crippen molar-refractivity contribution >= 4 is 23.3 Å². The Labute approximate surface area is 178 Å². The molecule has 0 aliphatic carbocycles. The van der Waals surface area contributed by atoms with Crippen LogP contribution in [-0.4, -0.2) is 56.2 Å². The summed E-state index contributed by atoms with van der Waals surface area (Å²) in [5.74, 6) is 0.445. The zero-order valence-corrected chi connectivity index (χ0v) is 17.8. The third-order valence-corrected chi connectivity index (χ3v) is 5.27.